The van der Waals surface area contributed by atoms with Crippen LogP contribution in [-0.4, -0.2) is 10.7 Å². The van der Waals surface area contributed by atoms with Gasteiger partial charge in [-0.3, -0.25) is 14.9 Å². The van der Waals surface area contributed by atoms with E-state index >= 15 is 0 Å². The molecular formula is C17H15NO3. The lowest BCUT2D eigenvalue weighted by atomic mass is 10.0. The molecular weight excluding hydrogens is 266 g/mol. The number of hydrogen-bond donors (Lipinski definition) is 0. The Morgan fingerprint density at radius 2 is 1.90 bits per heavy atom. The van der Waals surface area contributed by atoms with E-state index in [1.807, 2.05) is 32.0 Å². The minimum absolute atomic E-state index is 0.0824. The van der Waals surface area contributed by atoms with Crippen molar-refractivity contribution in [1.29, 1.82) is 0 Å². The van der Waals surface area contributed by atoms with Crippen LogP contribution in [0.3, 0.4) is 0 Å². The topological polar surface area (TPSA) is 60.2 Å². The third-order valence-corrected chi connectivity index (χ3v) is 3.19. The molecule has 0 saturated carbocycles. The van der Waals surface area contributed by atoms with Gasteiger partial charge < -0.3 is 0 Å². The summed E-state index contributed by atoms with van der Waals surface area (Å²) in [7, 11) is 0. The first kappa shape index (κ1) is 14.7. The number of rotatable bonds is 4. The Morgan fingerprint density at radius 3 is 2.62 bits per heavy atom. The van der Waals surface area contributed by atoms with Gasteiger partial charge in [0.1, 0.15) is 0 Å². The fraction of sp³-hybridized carbons (Fsp3) is 0.118. The monoisotopic (exact) mass is 281 g/mol. The van der Waals surface area contributed by atoms with Crippen LogP contribution in [0.2, 0.25) is 0 Å². The molecule has 0 unspecified atom stereocenters. The molecule has 0 N–H and O–H groups in total. The van der Waals surface area contributed by atoms with E-state index in [9.17, 15) is 14.9 Å². The lowest BCUT2D eigenvalue weighted by molar-refractivity contribution is -0.384. The van der Waals surface area contributed by atoms with Crippen molar-refractivity contribution in [2.45, 2.75) is 13.8 Å². The van der Waals surface area contributed by atoms with Gasteiger partial charge in [0, 0.05) is 17.7 Å². The fourth-order valence-corrected chi connectivity index (χ4v) is 1.97. The number of carbonyl (C=O) groups excluding carboxylic acids is 1. The lowest BCUT2D eigenvalue weighted by Gasteiger charge is -2.01. The van der Waals surface area contributed by atoms with Gasteiger partial charge in [-0.1, -0.05) is 42.0 Å². The summed E-state index contributed by atoms with van der Waals surface area (Å²) in [5.74, 6) is -0.250. The average Bonchev–Trinajstić information content (AvgIpc) is 2.48. The molecule has 106 valence electrons. The van der Waals surface area contributed by atoms with Crippen LogP contribution >= 0.6 is 0 Å². The highest BCUT2D eigenvalue weighted by atomic mass is 16.6. The van der Waals surface area contributed by atoms with Crippen molar-refractivity contribution in [2.75, 3.05) is 0 Å². The number of hydrogen-bond acceptors (Lipinski definition) is 3. The van der Waals surface area contributed by atoms with E-state index in [-0.39, 0.29) is 11.5 Å². The molecule has 0 aliphatic heterocycles. The quantitative estimate of drug-likeness (QED) is 0.367. The number of ketones is 1. The Labute approximate surface area is 122 Å². The number of allylic oxidation sites excluding steroid dienone is 1. The molecule has 0 aromatic heterocycles. The van der Waals surface area contributed by atoms with Crippen molar-refractivity contribution in [3.8, 4) is 0 Å². The molecule has 0 spiro atoms. The summed E-state index contributed by atoms with van der Waals surface area (Å²) < 4.78 is 0. The number of nitrogens with zero attached hydrogens (tertiary/aromatic N) is 1. The molecule has 21 heavy (non-hydrogen) atoms. The third-order valence-electron chi connectivity index (χ3n) is 3.19. The Bertz CT molecular complexity index is 733. The van der Waals surface area contributed by atoms with E-state index in [0.717, 1.165) is 16.7 Å². The van der Waals surface area contributed by atoms with Crippen LogP contribution in [0.1, 0.15) is 27.0 Å². The third kappa shape index (κ3) is 3.63. The van der Waals surface area contributed by atoms with Crippen LogP contribution < -0.4 is 0 Å². The van der Waals surface area contributed by atoms with E-state index < -0.39 is 4.92 Å². The fourth-order valence-electron chi connectivity index (χ4n) is 1.97. The van der Waals surface area contributed by atoms with Crippen LogP contribution in [0, 0.1) is 24.0 Å². The molecule has 0 atom stereocenters. The molecule has 2 aromatic carbocycles. The minimum Gasteiger partial charge on any atom is -0.289 e. The molecule has 0 fully saturated rings. The normalized spacial score (nSPS) is 10.8. The van der Waals surface area contributed by atoms with Crippen molar-refractivity contribution in [3.63, 3.8) is 0 Å². The second-order valence-corrected chi connectivity index (χ2v) is 4.87. The summed E-state index contributed by atoms with van der Waals surface area (Å²) in [6.45, 7) is 3.95. The summed E-state index contributed by atoms with van der Waals surface area (Å²) in [5, 5.41) is 10.7. The van der Waals surface area contributed by atoms with Gasteiger partial charge in [0.2, 0.25) is 0 Å². The Hall–Kier alpha value is -2.75. The zero-order valence-corrected chi connectivity index (χ0v) is 11.9. The second-order valence-electron chi connectivity index (χ2n) is 4.87. The number of non-ortho nitro benzene ring substituents is 1. The van der Waals surface area contributed by atoms with Crippen LogP contribution in [-0.2, 0) is 0 Å². The van der Waals surface area contributed by atoms with Crippen LogP contribution in [0.5, 0.6) is 0 Å². The average molecular weight is 281 g/mol. The smallest absolute Gasteiger partial charge is 0.270 e. The first-order chi connectivity index (χ1) is 9.97. The van der Waals surface area contributed by atoms with Gasteiger partial charge >= 0.3 is 0 Å². The van der Waals surface area contributed by atoms with Gasteiger partial charge in [-0.05, 0) is 31.1 Å². The van der Waals surface area contributed by atoms with Crippen molar-refractivity contribution in [3.05, 3.63) is 80.9 Å². The van der Waals surface area contributed by atoms with E-state index in [4.69, 9.17) is 0 Å². The predicted octanol–water partition coefficient (Wildman–Crippen LogP) is 4.11. The van der Waals surface area contributed by atoms with Crippen molar-refractivity contribution >= 4 is 17.5 Å². The molecule has 0 amide bonds. The first-order valence-corrected chi connectivity index (χ1v) is 6.51. The molecule has 0 radical (unpaired) electrons. The van der Waals surface area contributed by atoms with Crippen molar-refractivity contribution in [1.82, 2.24) is 0 Å². The highest BCUT2D eigenvalue weighted by molar-refractivity contribution is 6.07. The second kappa shape index (κ2) is 6.13. The minimum atomic E-state index is -0.509. The lowest BCUT2D eigenvalue weighted by Crippen LogP contribution is -1.96. The van der Waals surface area contributed by atoms with Gasteiger partial charge in [-0.2, -0.15) is 0 Å². The van der Waals surface area contributed by atoms with E-state index in [2.05, 4.69) is 0 Å². The van der Waals surface area contributed by atoms with Gasteiger partial charge in [-0.25, -0.2) is 0 Å². The summed E-state index contributed by atoms with van der Waals surface area (Å²) in [5.41, 5.74) is 3.38. The summed E-state index contributed by atoms with van der Waals surface area (Å²) in [6.07, 6.45) is 3.18. The molecule has 4 nitrogen and oxygen atoms in total. The number of benzene rings is 2. The Kier molecular flexibility index (Phi) is 4.28. The van der Waals surface area contributed by atoms with E-state index in [0.29, 0.717) is 5.56 Å². The largest absolute Gasteiger partial charge is 0.289 e. The number of nitro groups is 1. The molecule has 0 saturated heterocycles. The first-order valence-electron chi connectivity index (χ1n) is 6.51. The molecule has 4 heteroatoms. The zero-order chi connectivity index (χ0) is 15.4. The van der Waals surface area contributed by atoms with Crippen LogP contribution in [0.25, 0.3) is 6.08 Å². The van der Waals surface area contributed by atoms with Gasteiger partial charge in [0.15, 0.2) is 5.78 Å². The summed E-state index contributed by atoms with van der Waals surface area (Å²) >= 11 is 0. The van der Waals surface area contributed by atoms with Gasteiger partial charge in [0.25, 0.3) is 5.69 Å². The van der Waals surface area contributed by atoms with E-state index in [1.165, 1.54) is 24.3 Å². The zero-order valence-electron chi connectivity index (χ0n) is 11.9. The van der Waals surface area contributed by atoms with Crippen LogP contribution in [0.4, 0.5) is 5.69 Å². The predicted molar refractivity (Wildman–Crippen MR) is 82.4 cm³/mol. The van der Waals surface area contributed by atoms with E-state index in [1.54, 1.807) is 12.1 Å². The number of aryl methyl sites for hydroxylation is 2. The van der Waals surface area contributed by atoms with Crippen molar-refractivity contribution in [2.24, 2.45) is 0 Å². The maximum absolute atomic E-state index is 12.1. The molecule has 0 heterocycles. The maximum Gasteiger partial charge on any atom is 0.270 e. The molecule has 2 rings (SSSR count). The standard InChI is InChI=1S/C17H15NO3/c1-12-6-7-13(2)14(10-12)8-9-17(19)15-4-3-5-16(11-15)18(20)21/h3-11H,1-2H3/b9-8+. The molecule has 0 bridgehead atoms. The number of nitro benzene ring substituents is 1. The molecule has 0 aliphatic carbocycles. The van der Waals surface area contributed by atoms with Gasteiger partial charge in [0.05, 0.1) is 4.92 Å². The highest BCUT2D eigenvalue weighted by Crippen LogP contribution is 2.16. The Balaban J connectivity index is 2.25. The van der Waals surface area contributed by atoms with Gasteiger partial charge in [-0.15, -0.1) is 0 Å². The SMILES string of the molecule is Cc1ccc(C)c(/C=C/C(=O)c2cccc([N+](=O)[O-])c2)c1. The maximum atomic E-state index is 12.1. The molecule has 2 aromatic rings. The van der Waals surface area contributed by atoms with Crippen molar-refractivity contribution < 1.29 is 9.72 Å². The molecule has 0 aliphatic rings. The summed E-state index contributed by atoms with van der Waals surface area (Å²) in [4.78, 5) is 22.3. The summed E-state index contributed by atoms with van der Waals surface area (Å²) in [6, 6.07) is 11.7. The Morgan fingerprint density at radius 1 is 1.14 bits per heavy atom. The number of carbonyl (C=O) groups is 1. The van der Waals surface area contributed by atoms with Crippen LogP contribution in [0.15, 0.2) is 48.5 Å². The highest BCUT2D eigenvalue weighted by Gasteiger charge is 2.09.